The summed E-state index contributed by atoms with van der Waals surface area (Å²) >= 11 is 0. The van der Waals surface area contributed by atoms with Gasteiger partial charge in [-0.2, -0.15) is 0 Å². The van der Waals surface area contributed by atoms with E-state index in [1.165, 1.54) is 0 Å². The van der Waals surface area contributed by atoms with Gasteiger partial charge in [-0.25, -0.2) is 18.4 Å². The van der Waals surface area contributed by atoms with E-state index in [0.717, 1.165) is 52.7 Å². The molecular formula is C30H30N6O3S. The van der Waals surface area contributed by atoms with Crippen LogP contribution in [0.3, 0.4) is 0 Å². The molecule has 9 nitrogen and oxygen atoms in total. The van der Waals surface area contributed by atoms with E-state index in [-0.39, 0.29) is 10.7 Å². The van der Waals surface area contributed by atoms with E-state index in [0.29, 0.717) is 23.6 Å². The Morgan fingerprint density at radius 3 is 2.55 bits per heavy atom. The highest BCUT2D eigenvalue weighted by Gasteiger charge is 2.24. The van der Waals surface area contributed by atoms with Gasteiger partial charge in [-0.05, 0) is 56.2 Å². The van der Waals surface area contributed by atoms with E-state index in [2.05, 4.69) is 32.4 Å². The van der Waals surface area contributed by atoms with Gasteiger partial charge in [0.2, 0.25) is 0 Å². The maximum atomic E-state index is 13.6. The van der Waals surface area contributed by atoms with Crippen LogP contribution in [-0.4, -0.2) is 32.7 Å². The fraction of sp³-hybridized carbons (Fsp3) is 0.233. The second-order valence-electron chi connectivity index (χ2n) is 9.89. The van der Waals surface area contributed by atoms with Gasteiger partial charge in [-0.15, -0.1) is 0 Å². The highest BCUT2D eigenvalue weighted by Crippen LogP contribution is 2.31. The lowest BCUT2D eigenvalue weighted by Gasteiger charge is -2.13. The van der Waals surface area contributed by atoms with Gasteiger partial charge >= 0.3 is 0 Å². The molecule has 0 aliphatic heterocycles. The van der Waals surface area contributed by atoms with Gasteiger partial charge in [-0.1, -0.05) is 48.8 Å². The van der Waals surface area contributed by atoms with Crippen molar-refractivity contribution in [3.63, 3.8) is 0 Å². The molecule has 0 fully saturated rings. The average Bonchev–Trinajstić information content (AvgIpc) is 3.61. The van der Waals surface area contributed by atoms with E-state index in [4.69, 9.17) is 9.51 Å². The number of nitrogens with zero attached hydrogens (tertiary/aromatic N) is 5. The Hall–Kier alpha value is -4.44. The minimum atomic E-state index is -3.97. The zero-order valence-corrected chi connectivity index (χ0v) is 23.4. The van der Waals surface area contributed by atoms with Gasteiger partial charge in [0.25, 0.3) is 10.0 Å². The molecule has 0 atom stereocenters. The summed E-state index contributed by atoms with van der Waals surface area (Å²) in [6.45, 7) is 6.27. The number of aryl methyl sites for hydroxylation is 2. The Morgan fingerprint density at radius 1 is 0.975 bits per heavy atom. The van der Waals surface area contributed by atoms with Crippen LogP contribution in [0.2, 0.25) is 0 Å². The molecule has 0 aliphatic carbocycles. The maximum Gasteiger partial charge on any atom is 0.265 e. The minimum Gasteiger partial charge on any atom is -0.359 e. The number of benzene rings is 2. The summed E-state index contributed by atoms with van der Waals surface area (Å²) in [7, 11) is -3.97. The molecule has 6 aromatic rings. The molecule has 2 aromatic carbocycles. The number of hydrogen-bond donors (Lipinski definition) is 1. The number of unbranched alkanes of at least 4 members (excludes halogenated alkanes) is 1. The van der Waals surface area contributed by atoms with Crippen LogP contribution in [0.5, 0.6) is 0 Å². The Labute approximate surface area is 232 Å². The predicted octanol–water partition coefficient (Wildman–Crippen LogP) is 6.17. The molecular weight excluding hydrogens is 524 g/mol. The third kappa shape index (κ3) is 4.54. The first-order valence-corrected chi connectivity index (χ1v) is 14.8. The van der Waals surface area contributed by atoms with Crippen molar-refractivity contribution in [3.05, 3.63) is 95.8 Å². The summed E-state index contributed by atoms with van der Waals surface area (Å²) in [4.78, 5) is 9.46. The molecule has 1 N–H and O–H groups in total. The van der Waals surface area contributed by atoms with Crippen molar-refractivity contribution < 1.29 is 12.9 Å². The topological polar surface area (TPSA) is 108 Å². The van der Waals surface area contributed by atoms with Gasteiger partial charge in [0.1, 0.15) is 16.5 Å². The number of anilines is 1. The third-order valence-corrected chi connectivity index (χ3v) is 8.67. The largest absolute Gasteiger partial charge is 0.359 e. The summed E-state index contributed by atoms with van der Waals surface area (Å²) in [6.07, 6.45) is 6.76. The molecule has 0 unspecified atom stereocenters. The summed E-state index contributed by atoms with van der Waals surface area (Å²) in [5, 5.41) is 4.93. The van der Waals surface area contributed by atoms with Crippen molar-refractivity contribution in [2.24, 2.45) is 0 Å². The second kappa shape index (κ2) is 10.3. The van der Waals surface area contributed by atoms with Crippen molar-refractivity contribution in [1.29, 1.82) is 0 Å². The van der Waals surface area contributed by atoms with E-state index < -0.39 is 10.0 Å². The summed E-state index contributed by atoms with van der Waals surface area (Å²) in [5.74, 6) is 1.75. The van der Waals surface area contributed by atoms with E-state index >= 15 is 0 Å². The third-order valence-electron chi connectivity index (χ3n) is 7.28. The molecule has 0 amide bonds. The van der Waals surface area contributed by atoms with Gasteiger partial charge in [-0.3, -0.25) is 4.72 Å². The number of pyridine rings is 1. The van der Waals surface area contributed by atoms with Gasteiger partial charge in [0, 0.05) is 29.8 Å². The van der Waals surface area contributed by atoms with Crippen LogP contribution in [0.4, 0.5) is 5.82 Å². The average molecular weight is 555 g/mol. The highest BCUT2D eigenvalue weighted by molar-refractivity contribution is 7.92. The standard InChI is InChI=1S/C30H30N6O3S/c1-4-5-16-28-32-30-26(14-10-17-31-30)36(28)19-22-18-35(24-12-7-6-11-23(22)24)25-13-8-9-15-27(25)40(37,38)34-29-20(2)21(3)39-33-29/h6-15,17-18H,4-5,16,19H2,1-3H3,(H,33,34). The zero-order valence-electron chi connectivity index (χ0n) is 22.6. The van der Waals surface area contributed by atoms with Crippen molar-refractivity contribution in [1.82, 2.24) is 24.3 Å². The van der Waals surface area contributed by atoms with Crippen molar-refractivity contribution >= 4 is 37.9 Å². The summed E-state index contributed by atoms with van der Waals surface area (Å²) in [6, 6.07) is 19.0. The fourth-order valence-corrected chi connectivity index (χ4v) is 6.29. The van der Waals surface area contributed by atoms with Crippen molar-refractivity contribution in [2.45, 2.75) is 51.5 Å². The molecule has 40 heavy (non-hydrogen) atoms. The van der Waals surface area contributed by atoms with Crippen LogP contribution in [0.15, 0.2) is 82.5 Å². The van der Waals surface area contributed by atoms with Crippen LogP contribution in [-0.2, 0) is 23.0 Å². The van der Waals surface area contributed by atoms with E-state index in [9.17, 15) is 8.42 Å². The smallest absolute Gasteiger partial charge is 0.265 e. The van der Waals surface area contributed by atoms with Crippen LogP contribution < -0.4 is 4.72 Å². The number of fused-ring (bicyclic) bond motifs is 2. The van der Waals surface area contributed by atoms with Gasteiger partial charge < -0.3 is 13.7 Å². The molecule has 0 spiro atoms. The lowest BCUT2D eigenvalue weighted by molar-refractivity contribution is 0.399. The van der Waals surface area contributed by atoms with Gasteiger partial charge in [0.05, 0.1) is 23.3 Å². The Kier molecular flexibility index (Phi) is 6.63. The highest BCUT2D eigenvalue weighted by atomic mass is 32.2. The molecule has 0 saturated carbocycles. The normalized spacial score (nSPS) is 12.0. The molecule has 204 valence electrons. The molecule has 0 aliphatic rings. The number of sulfonamides is 1. The number of para-hydroxylation sites is 2. The first kappa shape index (κ1) is 25.8. The molecule has 0 saturated heterocycles. The molecule has 0 bridgehead atoms. The number of rotatable bonds is 9. The fourth-order valence-electron chi connectivity index (χ4n) is 5.03. The van der Waals surface area contributed by atoms with E-state index in [1.54, 1.807) is 32.2 Å². The Balaban J connectivity index is 1.47. The first-order chi connectivity index (χ1) is 19.4. The maximum absolute atomic E-state index is 13.6. The molecule has 4 heterocycles. The first-order valence-electron chi connectivity index (χ1n) is 13.3. The lowest BCUT2D eigenvalue weighted by Crippen LogP contribution is -2.16. The summed E-state index contributed by atoms with van der Waals surface area (Å²) < 4.78 is 39.2. The molecule has 6 rings (SSSR count). The van der Waals surface area contributed by atoms with Crippen LogP contribution >= 0.6 is 0 Å². The Bertz CT molecular complexity index is 1950. The zero-order chi connectivity index (χ0) is 27.9. The number of aromatic nitrogens is 5. The molecule has 0 radical (unpaired) electrons. The van der Waals surface area contributed by atoms with Gasteiger partial charge in [0.15, 0.2) is 11.5 Å². The number of nitrogens with one attached hydrogen (secondary N) is 1. The lowest BCUT2D eigenvalue weighted by atomic mass is 10.1. The van der Waals surface area contributed by atoms with Crippen LogP contribution in [0, 0.1) is 13.8 Å². The number of imidazole rings is 1. The molecule has 10 heteroatoms. The van der Waals surface area contributed by atoms with E-state index in [1.807, 2.05) is 53.2 Å². The predicted molar refractivity (Wildman–Crippen MR) is 155 cm³/mol. The van der Waals surface area contributed by atoms with Crippen LogP contribution in [0.25, 0.3) is 27.8 Å². The monoisotopic (exact) mass is 554 g/mol. The number of hydrogen-bond acceptors (Lipinski definition) is 6. The Morgan fingerprint density at radius 2 is 1.75 bits per heavy atom. The minimum absolute atomic E-state index is 0.142. The quantitative estimate of drug-likeness (QED) is 0.229. The SMILES string of the molecule is CCCCc1nc2ncccc2n1Cc1cn(-c2ccccc2S(=O)(=O)Nc2noc(C)c2C)c2ccccc12. The second-order valence-corrected chi connectivity index (χ2v) is 11.5. The van der Waals surface area contributed by atoms with Crippen LogP contribution in [0.1, 0.15) is 42.5 Å². The van der Waals surface area contributed by atoms with Crippen molar-refractivity contribution in [3.8, 4) is 5.69 Å². The van der Waals surface area contributed by atoms with Crippen molar-refractivity contribution in [2.75, 3.05) is 4.72 Å². The molecule has 4 aromatic heterocycles. The summed E-state index contributed by atoms with van der Waals surface area (Å²) in [5.41, 5.74) is 4.87.